The Bertz CT molecular complexity index is 675. The van der Waals surface area contributed by atoms with Crippen LogP contribution in [0.3, 0.4) is 0 Å². The Morgan fingerprint density at radius 3 is 2.35 bits per heavy atom. The van der Waals surface area contributed by atoms with Crippen LogP contribution in [0.4, 0.5) is 5.82 Å². The van der Waals surface area contributed by atoms with E-state index >= 15 is 0 Å². The molecule has 7 nitrogen and oxygen atoms in total. The molecule has 3 heterocycles. The Labute approximate surface area is 136 Å². The number of hydrogen-bond acceptors (Lipinski definition) is 7. The third-order valence-corrected chi connectivity index (χ3v) is 4.26. The predicted octanol–water partition coefficient (Wildman–Crippen LogP) is 1.67. The normalized spacial score (nSPS) is 16.1. The minimum atomic E-state index is 0.623. The molecule has 0 N–H and O–H groups in total. The smallest absolute Gasteiger partial charge is 0.230 e. The summed E-state index contributed by atoms with van der Waals surface area (Å²) < 4.78 is 5.47. The first-order valence-electron chi connectivity index (χ1n) is 8.17. The molecule has 0 radical (unpaired) electrons. The van der Waals surface area contributed by atoms with Crippen LogP contribution in [-0.2, 0) is 13.0 Å². The van der Waals surface area contributed by atoms with Crippen LogP contribution < -0.4 is 4.90 Å². The van der Waals surface area contributed by atoms with Crippen molar-refractivity contribution in [3.05, 3.63) is 28.9 Å². The molecular weight excluding hydrogens is 292 g/mol. The van der Waals surface area contributed by atoms with Crippen molar-refractivity contribution in [3.8, 4) is 0 Å². The first kappa shape index (κ1) is 15.9. The zero-order chi connectivity index (χ0) is 16.4. The molecular formula is C16H24N6O. The predicted molar refractivity (Wildman–Crippen MR) is 87.4 cm³/mol. The molecule has 1 saturated heterocycles. The summed E-state index contributed by atoms with van der Waals surface area (Å²) in [6.07, 6.45) is 0.961. The van der Waals surface area contributed by atoms with E-state index in [0.29, 0.717) is 11.8 Å². The van der Waals surface area contributed by atoms with Gasteiger partial charge < -0.3 is 9.32 Å². The Kier molecular flexibility index (Phi) is 4.56. The minimum absolute atomic E-state index is 0.623. The minimum Gasteiger partial charge on any atom is -0.424 e. The van der Waals surface area contributed by atoms with Crippen LogP contribution in [0.25, 0.3) is 0 Å². The average Bonchev–Trinajstić information content (AvgIpc) is 2.92. The van der Waals surface area contributed by atoms with E-state index in [4.69, 9.17) is 9.40 Å². The zero-order valence-corrected chi connectivity index (χ0v) is 14.3. The molecule has 3 rings (SSSR count). The van der Waals surface area contributed by atoms with Gasteiger partial charge in [0.25, 0.3) is 0 Å². The van der Waals surface area contributed by atoms with Crippen LogP contribution in [0.1, 0.15) is 35.8 Å². The summed E-state index contributed by atoms with van der Waals surface area (Å²) in [5.74, 6) is 3.27. The number of nitrogens with zero attached hydrogens (tertiary/aromatic N) is 6. The molecule has 0 unspecified atom stereocenters. The number of aromatic nitrogens is 4. The number of aryl methyl sites for hydroxylation is 3. The van der Waals surface area contributed by atoms with Gasteiger partial charge in [-0.05, 0) is 20.3 Å². The fourth-order valence-corrected chi connectivity index (χ4v) is 3.10. The molecule has 23 heavy (non-hydrogen) atoms. The molecule has 1 aliphatic heterocycles. The summed E-state index contributed by atoms with van der Waals surface area (Å²) in [6, 6.07) is 0. The number of anilines is 1. The van der Waals surface area contributed by atoms with Crippen molar-refractivity contribution >= 4 is 5.82 Å². The molecule has 1 fully saturated rings. The van der Waals surface area contributed by atoms with E-state index in [0.717, 1.165) is 56.5 Å². The highest BCUT2D eigenvalue weighted by Gasteiger charge is 2.22. The summed E-state index contributed by atoms with van der Waals surface area (Å²) in [6.45, 7) is 12.6. The van der Waals surface area contributed by atoms with Crippen LogP contribution in [-0.4, -0.2) is 51.2 Å². The van der Waals surface area contributed by atoms with Crippen LogP contribution in [0.5, 0.6) is 0 Å². The van der Waals surface area contributed by atoms with Crippen LogP contribution in [0.15, 0.2) is 4.42 Å². The van der Waals surface area contributed by atoms with Gasteiger partial charge in [-0.15, -0.1) is 10.2 Å². The molecule has 0 atom stereocenters. The van der Waals surface area contributed by atoms with Crippen LogP contribution >= 0.6 is 0 Å². The van der Waals surface area contributed by atoms with Gasteiger partial charge in [0.05, 0.1) is 6.54 Å². The molecule has 7 heteroatoms. The summed E-state index contributed by atoms with van der Waals surface area (Å²) in [5, 5.41) is 7.96. The maximum atomic E-state index is 5.47. The third-order valence-electron chi connectivity index (χ3n) is 4.26. The lowest BCUT2D eigenvalue weighted by Crippen LogP contribution is -2.46. The van der Waals surface area contributed by atoms with Gasteiger partial charge in [-0.3, -0.25) is 4.90 Å². The van der Waals surface area contributed by atoms with E-state index in [1.807, 2.05) is 13.8 Å². The summed E-state index contributed by atoms with van der Waals surface area (Å²) in [7, 11) is 0. The summed E-state index contributed by atoms with van der Waals surface area (Å²) >= 11 is 0. The van der Waals surface area contributed by atoms with E-state index in [1.165, 1.54) is 5.56 Å². The highest BCUT2D eigenvalue weighted by atomic mass is 16.4. The first-order chi connectivity index (χ1) is 11.1. The molecule has 0 bridgehead atoms. The number of rotatable bonds is 4. The third kappa shape index (κ3) is 3.50. The topological polar surface area (TPSA) is 71.2 Å². The maximum Gasteiger partial charge on any atom is 0.230 e. The van der Waals surface area contributed by atoms with Crippen molar-refractivity contribution in [2.24, 2.45) is 0 Å². The second-order valence-electron chi connectivity index (χ2n) is 5.99. The van der Waals surface area contributed by atoms with Crippen molar-refractivity contribution in [3.63, 3.8) is 0 Å². The maximum absolute atomic E-state index is 5.47. The van der Waals surface area contributed by atoms with E-state index in [2.05, 4.69) is 38.8 Å². The van der Waals surface area contributed by atoms with Gasteiger partial charge in [-0.2, -0.15) is 0 Å². The fraction of sp³-hybridized carbons (Fsp3) is 0.625. The molecule has 0 spiro atoms. The molecule has 1 aliphatic rings. The van der Waals surface area contributed by atoms with Gasteiger partial charge >= 0.3 is 0 Å². The monoisotopic (exact) mass is 316 g/mol. The van der Waals surface area contributed by atoms with Crippen molar-refractivity contribution in [2.45, 2.75) is 40.7 Å². The van der Waals surface area contributed by atoms with Crippen LogP contribution in [0.2, 0.25) is 0 Å². The highest BCUT2D eigenvalue weighted by molar-refractivity contribution is 5.49. The van der Waals surface area contributed by atoms with Crippen molar-refractivity contribution in [1.29, 1.82) is 0 Å². The van der Waals surface area contributed by atoms with Gasteiger partial charge in [0.2, 0.25) is 11.8 Å². The highest BCUT2D eigenvalue weighted by Crippen LogP contribution is 2.23. The Morgan fingerprint density at radius 2 is 1.74 bits per heavy atom. The quantitative estimate of drug-likeness (QED) is 0.849. The second kappa shape index (κ2) is 6.62. The molecule has 0 aromatic carbocycles. The van der Waals surface area contributed by atoms with Gasteiger partial charge in [0.15, 0.2) is 0 Å². The zero-order valence-electron chi connectivity index (χ0n) is 14.3. The number of hydrogen-bond donors (Lipinski definition) is 0. The average molecular weight is 316 g/mol. The first-order valence-corrected chi connectivity index (χ1v) is 8.17. The molecule has 2 aromatic rings. The van der Waals surface area contributed by atoms with Gasteiger partial charge in [-0.25, -0.2) is 9.97 Å². The van der Waals surface area contributed by atoms with E-state index in [1.54, 1.807) is 0 Å². The second-order valence-corrected chi connectivity index (χ2v) is 5.99. The van der Waals surface area contributed by atoms with Gasteiger partial charge in [0.1, 0.15) is 11.6 Å². The standard InChI is InChI=1S/C16H24N6O/c1-5-14-11(2)17-12(3)18-16(14)22-8-6-21(7-9-22)10-15-20-19-13(4)23-15/h5-10H2,1-4H3. The lowest BCUT2D eigenvalue weighted by atomic mass is 10.1. The molecule has 2 aromatic heterocycles. The van der Waals surface area contributed by atoms with Gasteiger partial charge in [0, 0.05) is 44.4 Å². The molecule has 0 saturated carbocycles. The Morgan fingerprint density at radius 1 is 1.00 bits per heavy atom. The Hall–Kier alpha value is -2.02. The largest absolute Gasteiger partial charge is 0.424 e. The lowest BCUT2D eigenvalue weighted by molar-refractivity contribution is 0.224. The lowest BCUT2D eigenvalue weighted by Gasteiger charge is -2.35. The van der Waals surface area contributed by atoms with E-state index in [-0.39, 0.29) is 0 Å². The molecule has 0 aliphatic carbocycles. The summed E-state index contributed by atoms with van der Waals surface area (Å²) in [4.78, 5) is 13.9. The van der Waals surface area contributed by atoms with Crippen molar-refractivity contribution in [2.75, 3.05) is 31.1 Å². The van der Waals surface area contributed by atoms with E-state index < -0.39 is 0 Å². The van der Waals surface area contributed by atoms with Crippen molar-refractivity contribution < 1.29 is 4.42 Å². The Balaban J connectivity index is 1.67. The van der Waals surface area contributed by atoms with Gasteiger partial charge in [-0.1, -0.05) is 6.92 Å². The van der Waals surface area contributed by atoms with Crippen molar-refractivity contribution in [1.82, 2.24) is 25.1 Å². The fourth-order valence-electron chi connectivity index (χ4n) is 3.10. The summed E-state index contributed by atoms with van der Waals surface area (Å²) in [5.41, 5.74) is 2.36. The van der Waals surface area contributed by atoms with E-state index in [9.17, 15) is 0 Å². The molecule has 0 amide bonds. The molecule has 124 valence electrons. The van der Waals surface area contributed by atoms with Crippen LogP contribution in [0, 0.1) is 20.8 Å². The number of piperazine rings is 1. The SMILES string of the molecule is CCc1c(C)nc(C)nc1N1CCN(Cc2nnc(C)o2)CC1.